The average molecular weight is 679 g/mol. The molecule has 0 aromatic heterocycles. The summed E-state index contributed by atoms with van der Waals surface area (Å²) in [7, 11) is -3.23. The fourth-order valence-corrected chi connectivity index (χ4v) is 4.67. The molecule has 0 radical (unpaired) electrons. The van der Waals surface area contributed by atoms with Crippen molar-refractivity contribution < 1.29 is 37.6 Å². The lowest BCUT2D eigenvalue weighted by atomic mass is 10.1. The van der Waals surface area contributed by atoms with Crippen LogP contribution in [-0.4, -0.2) is 43.3 Å². The number of hydrogen-bond acceptors (Lipinski definition) is 7. The lowest BCUT2D eigenvalue weighted by molar-refractivity contribution is -0.161. The molecule has 0 aromatic carbocycles. The Morgan fingerprint density at radius 2 is 1.09 bits per heavy atom. The van der Waals surface area contributed by atoms with Crippen molar-refractivity contribution in [2.75, 3.05) is 20.3 Å². The molecule has 0 aliphatic rings. The van der Waals surface area contributed by atoms with Crippen LogP contribution in [0.4, 0.5) is 0 Å². The van der Waals surface area contributed by atoms with Crippen molar-refractivity contribution >= 4 is 19.8 Å². The lowest BCUT2D eigenvalue weighted by Crippen LogP contribution is -2.29. The standard InChI is InChI=1S/C38H63O8P/c1-4-6-8-10-12-14-16-18-19-21-23-25-27-29-31-33-38(40)46-36(35-45-47(41,42)43-3)34-44-37(39)32-30-28-26-24-22-20-17-15-13-11-9-7-5-2/h6,8-9,11-12,14-15,17-19,23,25,36H,4-5,7,10,13,16,20-22,24,26-35H2,1-3H3,(H,41,42)/b8-6-,11-9-,14-12-,17-15-,19-18-,25-23-. The van der Waals surface area contributed by atoms with Gasteiger partial charge in [-0.15, -0.1) is 0 Å². The lowest BCUT2D eigenvalue weighted by Gasteiger charge is -2.19. The van der Waals surface area contributed by atoms with E-state index in [4.69, 9.17) is 14.0 Å². The van der Waals surface area contributed by atoms with Crippen LogP contribution in [-0.2, 0) is 32.7 Å². The number of hydrogen-bond donors (Lipinski definition) is 1. The van der Waals surface area contributed by atoms with Crippen LogP contribution >= 0.6 is 7.82 Å². The van der Waals surface area contributed by atoms with Gasteiger partial charge in [0.15, 0.2) is 6.10 Å². The number of phosphoric ester groups is 1. The van der Waals surface area contributed by atoms with Crippen LogP contribution in [0.5, 0.6) is 0 Å². The molecule has 0 saturated carbocycles. The fraction of sp³-hybridized carbons (Fsp3) is 0.632. The molecule has 0 amide bonds. The maximum Gasteiger partial charge on any atom is 0.472 e. The molecule has 0 rings (SSSR count). The Bertz CT molecular complexity index is 996. The predicted molar refractivity (Wildman–Crippen MR) is 193 cm³/mol. The summed E-state index contributed by atoms with van der Waals surface area (Å²) >= 11 is 0. The first-order chi connectivity index (χ1) is 22.8. The smallest absolute Gasteiger partial charge is 0.462 e. The van der Waals surface area contributed by atoms with Gasteiger partial charge in [0.1, 0.15) is 6.61 Å². The third-order valence-corrected chi connectivity index (χ3v) is 7.85. The van der Waals surface area contributed by atoms with Crippen LogP contribution in [0.1, 0.15) is 129 Å². The molecule has 2 unspecified atom stereocenters. The SMILES string of the molecule is CC/C=C\C/C=C\C/C=C\C/C=C\CCCCC(=O)OC(COC(=O)CCCCCCC/C=C\C/C=C\CCC)COP(=O)(O)OC. The van der Waals surface area contributed by atoms with E-state index in [1.165, 1.54) is 6.42 Å². The first-order valence-electron chi connectivity index (χ1n) is 17.6. The van der Waals surface area contributed by atoms with Crippen LogP contribution in [0.2, 0.25) is 0 Å². The third kappa shape index (κ3) is 33.2. The van der Waals surface area contributed by atoms with E-state index in [1.54, 1.807) is 0 Å². The van der Waals surface area contributed by atoms with Crippen molar-refractivity contribution in [3.8, 4) is 0 Å². The molecular weight excluding hydrogens is 615 g/mol. The average Bonchev–Trinajstić information content (AvgIpc) is 3.06. The van der Waals surface area contributed by atoms with Crippen molar-refractivity contribution in [1.82, 2.24) is 0 Å². The van der Waals surface area contributed by atoms with Crippen LogP contribution < -0.4 is 0 Å². The maximum absolute atomic E-state index is 12.4. The first-order valence-corrected chi connectivity index (χ1v) is 19.1. The van der Waals surface area contributed by atoms with Crippen molar-refractivity contribution in [3.63, 3.8) is 0 Å². The van der Waals surface area contributed by atoms with Gasteiger partial charge in [-0.05, 0) is 77.0 Å². The molecule has 0 bridgehead atoms. The molecule has 0 aliphatic carbocycles. The highest BCUT2D eigenvalue weighted by atomic mass is 31.2. The molecule has 268 valence electrons. The Labute approximate surface area is 285 Å². The topological polar surface area (TPSA) is 108 Å². The molecule has 0 aromatic rings. The van der Waals surface area contributed by atoms with E-state index in [0.29, 0.717) is 12.8 Å². The Balaban J connectivity index is 4.22. The van der Waals surface area contributed by atoms with Crippen LogP contribution in [0, 0.1) is 0 Å². The monoisotopic (exact) mass is 678 g/mol. The summed E-state index contributed by atoms with van der Waals surface area (Å²) in [6.45, 7) is 3.63. The van der Waals surface area contributed by atoms with Gasteiger partial charge in [0.2, 0.25) is 0 Å². The minimum Gasteiger partial charge on any atom is -0.462 e. The molecule has 0 fully saturated rings. The Hall–Kier alpha value is -2.51. The van der Waals surface area contributed by atoms with Gasteiger partial charge in [-0.2, -0.15) is 0 Å². The molecule has 1 N–H and O–H groups in total. The van der Waals surface area contributed by atoms with Crippen molar-refractivity contribution in [3.05, 3.63) is 72.9 Å². The molecule has 0 spiro atoms. The molecule has 8 nitrogen and oxygen atoms in total. The minimum absolute atomic E-state index is 0.185. The highest BCUT2D eigenvalue weighted by molar-refractivity contribution is 7.47. The van der Waals surface area contributed by atoms with Gasteiger partial charge in [0.05, 0.1) is 6.61 Å². The molecule has 9 heteroatoms. The van der Waals surface area contributed by atoms with E-state index in [1.807, 2.05) is 0 Å². The predicted octanol–water partition coefficient (Wildman–Crippen LogP) is 10.6. The fourth-order valence-electron chi connectivity index (χ4n) is 4.21. The molecule has 0 heterocycles. The van der Waals surface area contributed by atoms with Crippen molar-refractivity contribution in [1.29, 1.82) is 0 Å². The van der Waals surface area contributed by atoms with Crippen molar-refractivity contribution in [2.24, 2.45) is 0 Å². The summed E-state index contributed by atoms with van der Waals surface area (Å²) in [6, 6.07) is 0. The highest BCUT2D eigenvalue weighted by Gasteiger charge is 2.24. The van der Waals surface area contributed by atoms with E-state index >= 15 is 0 Å². The molecule has 0 saturated heterocycles. The summed E-state index contributed by atoms with van der Waals surface area (Å²) in [5.41, 5.74) is 0. The van der Waals surface area contributed by atoms with Gasteiger partial charge in [0, 0.05) is 20.0 Å². The van der Waals surface area contributed by atoms with Crippen LogP contribution in [0.15, 0.2) is 72.9 Å². The number of allylic oxidation sites excluding steroid dienone is 12. The second kappa shape index (κ2) is 33.4. The molecule has 2 atom stereocenters. The van der Waals surface area contributed by atoms with E-state index < -0.39 is 32.5 Å². The van der Waals surface area contributed by atoms with Gasteiger partial charge < -0.3 is 14.4 Å². The summed E-state index contributed by atoms with van der Waals surface area (Å²) < 4.78 is 31.7. The Morgan fingerprint density at radius 3 is 1.66 bits per heavy atom. The highest BCUT2D eigenvalue weighted by Crippen LogP contribution is 2.42. The minimum atomic E-state index is -4.27. The first kappa shape index (κ1) is 44.5. The van der Waals surface area contributed by atoms with Crippen LogP contribution in [0.3, 0.4) is 0 Å². The summed E-state index contributed by atoms with van der Waals surface area (Å²) in [5, 5.41) is 0. The number of phosphoric acid groups is 1. The normalized spacial score (nSPS) is 14.4. The molecular formula is C38H63O8P. The van der Waals surface area contributed by atoms with Gasteiger partial charge in [-0.25, -0.2) is 4.57 Å². The number of esters is 2. The zero-order chi connectivity index (χ0) is 34.7. The molecule has 0 aliphatic heterocycles. The number of rotatable bonds is 31. The van der Waals surface area contributed by atoms with Crippen molar-refractivity contribution in [2.45, 2.75) is 136 Å². The quantitative estimate of drug-likeness (QED) is 0.0334. The van der Waals surface area contributed by atoms with E-state index in [9.17, 15) is 19.0 Å². The summed E-state index contributed by atoms with van der Waals surface area (Å²) in [5.74, 6) is -0.880. The van der Waals surface area contributed by atoms with Gasteiger partial charge in [0.25, 0.3) is 0 Å². The Morgan fingerprint density at radius 1 is 0.617 bits per heavy atom. The second-order valence-electron chi connectivity index (χ2n) is 11.3. The van der Waals surface area contributed by atoms with Gasteiger partial charge >= 0.3 is 19.8 Å². The Kier molecular flexibility index (Phi) is 31.6. The van der Waals surface area contributed by atoms with Crippen LogP contribution in [0.25, 0.3) is 0 Å². The largest absolute Gasteiger partial charge is 0.472 e. The molecule has 47 heavy (non-hydrogen) atoms. The summed E-state index contributed by atoms with van der Waals surface area (Å²) in [6.07, 6.45) is 41.0. The van der Waals surface area contributed by atoms with Gasteiger partial charge in [-0.1, -0.05) is 112 Å². The zero-order valence-corrected chi connectivity index (χ0v) is 30.3. The number of carbonyl (C=O) groups excluding carboxylic acids is 2. The maximum atomic E-state index is 12.4. The van der Waals surface area contributed by atoms with Gasteiger partial charge in [-0.3, -0.25) is 18.6 Å². The van der Waals surface area contributed by atoms with E-state index in [0.717, 1.165) is 90.6 Å². The number of unbranched alkanes of at least 4 members (excludes halogenated alkanes) is 8. The third-order valence-electron chi connectivity index (χ3n) is 6.92. The summed E-state index contributed by atoms with van der Waals surface area (Å²) in [4.78, 5) is 34.2. The van der Waals surface area contributed by atoms with E-state index in [2.05, 4.69) is 91.3 Å². The zero-order valence-electron chi connectivity index (χ0n) is 29.4. The second-order valence-corrected chi connectivity index (χ2v) is 12.8. The number of carbonyl (C=O) groups is 2. The van der Waals surface area contributed by atoms with E-state index in [-0.39, 0.29) is 19.4 Å². The number of ether oxygens (including phenoxy) is 2.